The summed E-state index contributed by atoms with van der Waals surface area (Å²) >= 11 is 0. The number of nitrogens with zero attached hydrogens (tertiary/aromatic N) is 2. The first-order chi connectivity index (χ1) is 10.3. The van der Waals surface area contributed by atoms with E-state index < -0.39 is 20.0 Å². The van der Waals surface area contributed by atoms with Crippen LogP contribution in [0.15, 0.2) is 23.4 Å². The fourth-order valence-corrected chi connectivity index (χ4v) is 4.11. The van der Waals surface area contributed by atoms with E-state index in [2.05, 4.69) is 9.71 Å². The molecule has 1 fully saturated rings. The van der Waals surface area contributed by atoms with Gasteiger partial charge in [0.25, 0.3) is 10.2 Å². The summed E-state index contributed by atoms with van der Waals surface area (Å²) in [5.41, 5.74) is 0.616. The van der Waals surface area contributed by atoms with Gasteiger partial charge in [0.1, 0.15) is 0 Å². The summed E-state index contributed by atoms with van der Waals surface area (Å²) in [5, 5.41) is -0.0216. The van der Waals surface area contributed by atoms with Gasteiger partial charge in [0.05, 0.1) is 0 Å². The molecule has 7 nitrogen and oxygen atoms in total. The molecule has 1 saturated heterocycles. The smallest absolute Gasteiger partial charge is 0.244 e. The predicted molar refractivity (Wildman–Crippen MR) is 83.1 cm³/mol. The molecule has 0 amide bonds. The Morgan fingerprint density at radius 1 is 1.09 bits per heavy atom. The maximum Gasteiger partial charge on any atom is 0.279 e. The molecule has 1 aromatic heterocycles. The summed E-state index contributed by atoms with van der Waals surface area (Å²) in [5.74, 6) is 0. The average molecular weight is 347 g/mol. The van der Waals surface area contributed by atoms with Crippen LogP contribution in [0.3, 0.4) is 0 Å². The molecule has 1 aliphatic rings. The molecule has 0 aromatic carbocycles. The number of hydrogen-bond acceptors (Lipinski definition) is 5. The highest BCUT2D eigenvalue weighted by atomic mass is 32.2. The van der Waals surface area contributed by atoms with Crippen molar-refractivity contribution in [3.8, 4) is 0 Å². The highest BCUT2D eigenvalue weighted by molar-refractivity contribution is 7.90. The first-order valence-electron chi connectivity index (χ1n) is 7.19. The highest BCUT2D eigenvalue weighted by Crippen LogP contribution is 2.13. The number of hydrogen-bond donors (Lipinski definition) is 1. The minimum absolute atomic E-state index is 0.0216. The Morgan fingerprint density at radius 3 is 2.23 bits per heavy atom. The number of nitrogens with one attached hydrogen (secondary N) is 1. The Bertz CT molecular complexity index is 691. The zero-order valence-electron chi connectivity index (χ0n) is 12.5. The highest BCUT2D eigenvalue weighted by Gasteiger charge is 2.22. The van der Waals surface area contributed by atoms with E-state index in [0.717, 1.165) is 31.9 Å². The SMILES string of the molecule is CS(=O)(=O)c1ccc(CNS(=O)(=O)N2CCCCCC2)cn1. The number of sulfone groups is 1. The van der Waals surface area contributed by atoms with Gasteiger partial charge in [-0.3, -0.25) is 0 Å². The molecular weight excluding hydrogens is 326 g/mol. The minimum Gasteiger partial charge on any atom is -0.244 e. The van der Waals surface area contributed by atoms with Crippen molar-refractivity contribution in [3.05, 3.63) is 23.9 Å². The van der Waals surface area contributed by atoms with Crippen LogP contribution in [-0.4, -0.2) is 45.5 Å². The summed E-state index contributed by atoms with van der Waals surface area (Å²) in [6.07, 6.45) is 6.33. The van der Waals surface area contributed by atoms with Crippen LogP contribution in [0.4, 0.5) is 0 Å². The molecule has 0 atom stereocenters. The lowest BCUT2D eigenvalue weighted by atomic mass is 10.2. The van der Waals surface area contributed by atoms with Crippen LogP contribution in [0.5, 0.6) is 0 Å². The predicted octanol–water partition coefficient (Wildman–Crippen LogP) is 0.695. The molecule has 1 aliphatic heterocycles. The Kier molecular flexibility index (Phi) is 5.54. The molecule has 1 aromatic rings. The van der Waals surface area contributed by atoms with Crippen LogP contribution in [0, 0.1) is 0 Å². The lowest BCUT2D eigenvalue weighted by Gasteiger charge is -2.20. The van der Waals surface area contributed by atoms with Gasteiger partial charge in [0.2, 0.25) is 0 Å². The number of aromatic nitrogens is 1. The van der Waals surface area contributed by atoms with Crippen molar-refractivity contribution >= 4 is 20.0 Å². The van der Waals surface area contributed by atoms with Crippen molar-refractivity contribution in [2.24, 2.45) is 0 Å². The van der Waals surface area contributed by atoms with Crippen molar-refractivity contribution in [2.75, 3.05) is 19.3 Å². The molecule has 22 heavy (non-hydrogen) atoms. The molecule has 0 saturated carbocycles. The third-order valence-electron chi connectivity index (χ3n) is 3.54. The number of pyridine rings is 1. The van der Waals surface area contributed by atoms with Crippen molar-refractivity contribution in [2.45, 2.75) is 37.3 Å². The van der Waals surface area contributed by atoms with Gasteiger partial charge in [-0.2, -0.15) is 17.4 Å². The second kappa shape index (κ2) is 7.03. The topological polar surface area (TPSA) is 96.4 Å². The number of rotatable bonds is 5. The van der Waals surface area contributed by atoms with Gasteiger partial charge in [-0.15, -0.1) is 0 Å². The third kappa shape index (κ3) is 4.73. The van der Waals surface area contributed by atoms with E-state index in [1.54, 1.807) is 6.07 Å². The van der Waals surface area contributed by atoms with Gasteiger partial charge in [-0.05, 0) is 24.5 Å². The maximum atomic E-state index is 12.2. The van der Waals surface area contributed by atoms with Gasteiger partial charge in [0, 0.05) is 32.1 Å². The van der Waals surface area contributed by atoms with Crippen LogP contribution in [0.1, 0.15) is 31.2 Å². The van der Waals surface area contributed by atoms with Crippen LogP contribution in [0.25, 0.3) is 0 Å². The molecule has 0 aliphatic carbocycles. The summed E-state index contributed by atoms with van der Waals surface area (Å²) < 4.78 is 51.1. The summed E-state index contributed by atoms with van der Waals surface area (Å²) in [6.45, 7) is 1.18. The van der Waals surface area contributed by atoms with Gasteiger partial charge in [-0.25, -0.2) is 13.4 Å². The third-order valence-corrected chi connectivity index (χ3v) is 6.10. The maximum absolute atomic E-state index is 12.2. The van der Waals surface area contributed by atoms with E-state index >= 15 is 0 Å². The Balaban J connectivity index is 1.99. The molecule has 124 valence electrons. The van der Waals surface area contributed by atoms with Crippen molar-refractivity contribution in [1.82, 2.24) is 14.0 Å². The molecule has 1 N–H and O–H groups in total. The van der Waals surface area contributed by atoms with Crippen LogP contribution >= 0.6 is 0 Å². The molecular formula is C13H21N3O4S2. The van der Waals surface area contributed by atoms with Gasteiger partial charge in [-0.1, -0.05) is 18.9 Å². The van der Waals surface area contributed by atoms with Crippen molar-refractivity contribution in [3.63, 3.8) is 0 Å². The zero-order valence-corrected chi connectivity index (χ0v) is 14.2. The van der Waals surface area contributed by atoms with Gasteiger partial charge >= 0.3 is 0 Å². The molecule has 0 unspecified atom stereocenters. The normalized spacial score (nSPS) is 18.0. The van der Waals surface area contributed by atoms with E-state index in [-0.39, 0.29) is 11.6 Å². The fraction of sp³-hybridized carbons (Fsp3) is 0.615. The quantitative estimate of drug-likeness (QED) is 0.845. The Labute approximate surface area is 131 Å². The van der Waals surface area contributed by atoms with E-state index in [1.165, 1.54) is 16.6 Å². The van der Waals surface area contributed by atoms with Crippen molar-refractivity contribution < 1.29 is 16.8 Å². The van der Waals surface area contributed by atoms with E-state index in [9.17, 15) is 16.8 Å². The molecule has 0 radical (unpaired) electrons. The average Bonchev–Trinajstić information content (AvgIpc) is 2.74. The monoisotopic (exact) mass is 347 g/mol. The first-order valence-corrected chi connectivity index (χ1v) is 10.5. The molecule has 9 heteroatoms. The Morgan fingerprint density at radius 2 is 1.73 bits per heavy atom. The molecule has 0 spiro atoms. The largest absolute Gasteiger partial charge is 0.279 e. The Hall–Kier alpha value is -1.03. The fourth-order valence-electron chi connectivity index (χ4n) is 2.28. The summed E-state index contributed by atoms with van der Waals surface area (Å²) in [4.78, 5) is 3.84. The molecule has 0 bridgehead atoms. The summed E-state index contributed by atoms with van der Waals surface area (Å²) in [7, 11) is -6.85. The van der Waals surface area contributed by atoms with Crippen LogP contribution in [0.2, 0.25) is 0 Å². The lowest BCUT2D eigenvalue weighted by molar-refractivity contribution is 0.414. The van der Waals surface area contributed by atoms with E-state index in [4.69, 9.17) is 0 Å². The van der Waals surface area contributed by atoms with Gasteiger partial charge in [0.15, 0.2) is 14.9 Å². The standard InChI is InChI=1S/C13H21N3O4S2/c1-21(17,18)13-7-6-12(10-14-13)11-15-22(19,20)16-8-4-2-3-5-9-16/h6-7,10,15H,2-5,8-9,11H2,1H3. The minimum atomic E-state index is -3.51. The summed E-state index contributed by atoms with van der Waals surface area (Å²) in [6, 6.07) is 2.94. The van der Waals surface area contributed by atoms with E-state index in [0.29, 0.717) is 18.7 Å². The lowest BCUT2D eigenvalue weighted by Crippen LogP contribution is -2.40. The van der Waals surface area contributed by atoms with Crippen molar-refractivity contribution in [1.29, 1.82) is 0 Å². The molecule has 2 rings (SSSR count). The van der Waals surface area contributed by atoms with Gasteiger partial charge < -0.3 is 0 Å². The zero-order chi connectivity index (χ0) is 16.2. The van der Waals surface area contributed by atoms with Crippen LogP contribution in [-0.2, 0) is 26.6 Å². The van der Waals surface area contributed by atoms with E-state index in [1.807, 2.05) is 0 Å². The second-order valence-electron chi connectivity index (χ2n) is 5.42. The van der Waals surface area contributed by atoms with Crippen LogP contribution < -0.4 is 4.72 Å². The first kappa shape index (κ1) is 17.3. The molecule has 2 heterocycles. The second-order valence-corrected chi connectivity index (χ2v) is 9.13.